The molecule has 1 saturated carbocycles. The standard InChI is InChI=1S/C11H14IN3O/c1-6(16)10-9-4-13-8(7-2-3-7)5-15(9)14-11(10)12/h7-8,13H,2-5H2,1H3. The van der Waals surface area contributed by atoms with E-state index in [1.165, 1.54) is 12.8 Å². The van der Waals surface area contributed by atoms with E-state index in [-0.39, 0.29) is 5.78 Å². The summed E-state index contributed by atoms with van der Waals surface area (Å²) in [4.78, 5) is 11.5. The molecule has 1 aromatic rings. The predicted molar refractivity (Wildman–Crippen MR) is 68.3 cm³/mol. The highest BCUT2D eigenvalue weighted by atomic mass is 127. The van der Waals surface area contributed by atoms with E-state index < -0.39 is 0 Å². The molecule has 1 aliphatic heterocycles. The molecule has 0 bridgehead atoms. The molecule has 16 heavy (non-hydrogen) atoms. The van der Waals surface area contributed by atoms with Gasteiger partial charge in [0.1, 0.15) is 3.70 Å². The summed E-state index contributed by atoms with van der Waals surface area (Å²) >= 11 is 2.16. The Morgan fingerprint density at radius 3 is 2.94 bits per heavy atom. The molecular weight excluding hydrogens is 317 g/mol. The van der Waals surface area contributed by atoms with Crippen molar-refractivity contribution in [1.82, 2.24) is 15.1 Å². The summed E-state index contributed by atoms with van der Waals surface area (Å²) in [7, 11) is 0. The normalized spacial score (nSPS) is 24.2. The number of rotatable bonds is 2. The molecule has 1 atom stereocenters. The Kier molecular flexibility index (Phi) is 2.54. The Labute approximate surface area is 108 Å². The van der Waals surface area contributed by atoms with Gasteiger partial charge in [-0.2, -0.15) is 5.10 Å². The van der Waals surface area contributed by atoms with Crippen molar-refractivity contribution >= 4 is 28.4 Å². The van der Waals surface area contributed by atoms with Crippen LogP contribution in [0.5, 0.6) is 0 Å². The lowest BCUT2D eigenvalue weighted by Crippen LogP contribution is -2.41. The minimum Gasteiger partial charge on any atom is -0.306 e. The van der Waals surface area contributed by atoms with Gasteiger partial charge in [0.2, 0.25) is 0 Å². The number of nitrogens with zero attached hydrogens (tertiary/aromatic N) is 2. The summed E-state index contributed by atoms with van der Waals surface area (Å²) in [5, 5.41) is 8.00. The van der Waals surface area contributed by atoms with Gasteiger partial charge in [-0.3, -0.25) is 9.48 Å². The second kappa shape index (κ2) is 3.80. The van der Waals surface area contributed by atoms with Crippen LogP contribution >= 0.6 is 22.6 Å². The van der Waals surface area contributed by atoms with Gasteiger partial charge >= 0.3 is 0 Å². The van der Waals surface area contributed by atoms with Crippen molar-refractivity contribution in [2.24, 2.45) is 5.92 Å². The Morgan fingerprint density at radius 2 is 2.31 bits per heavy atom. The first kappa shape index (κ1) is 10.7. The van der Waals surface area contributed by atoms with Gasteiger partial charge in [-0.1, -0.05) is 0 Å². The Hall–Kier alpha value is -0.430. The number of Topliss-reactive ketones (excluding diaryl/α,β-unsaturated/α-hetero) is 1. The number of nitrogens with one attached hydrogen (secondary N) is 1. The fraction of sp³-hybridized carbons (Fsp3) is 0.636. The van der Waals surface area contributed by atoms with Crippen LogP contribution in [-0.2, 0) is 13.1 Å². The summed E-state index contributed by atoms with van der Waals surface area (Å²) < 4.78 is 2.87. The van der Waals surface area contributed by atoms with E-state index in [4.69, 9.17) is 0 Å². The van der Waals surface area contributed by atoms with Crippen molar-refractivity contribution in [3.63, 3.8) is 0 Å². The van der Waals surface area contributed by atoms with Gasteiger partial charge < -0.3 is 5.32 Å². The number of halogens is 1. The zero-order valence-electron chi connectivity index (χ0n) is 9.16. The molecule has 0 radical (unpaired) electrons. The molecule has 2 heterocycles. The maximum atomic E-state index is 11.5. The van der Waals surface area contributed by atoms with E-state index in [1.54, 1.807) is 6.92 Å². The first-order valence-corrected chi connectivity index (χ1v) is 6.74. The van der Waals surface area contributed by atoms with E-state index in [2.05, 4.69) is 33.0 Å². The van der Waals surface area contributed by atoms with Crippen LogP contribution in [0.2, 0.25) is 0 Å². The average molecular weight is 331 g/mol. The number of hydrogen-bond donors (Lipinski definition) is 1. The van der Waals surface area contributed by atoms with Gasteiger partial charge in [-0.25, -0.2) is 0 Å². The number of carbonyl (C=O) groups excluding carboxylic acids is 1. The molecule has 3 rings (SSSR count). The third kappa shape index (κ3) is 1.69. The van der Waals surface area contributed by atoms with E-state index in [0.717, 1.165) is 34.0 Å². The Bertz CT molecular complexity index is 450. The van der Waals surface area contributed by atoms with E-state index in [1.807, 2.05) is 4.68 Å². The fourth-order valence-corrected chi connectivity index (χ4v) is 3.39. The molecule has 1 unspecified atom stereocenters. The third-order valence-electron chi connectivity index (χ3n) is 3.46. The quantitative estimate of drug-likeness (QED) is 0.661. The molecule has 4 nitrogen and oxygen atoms in total. The highest BCUT2D eigenvalue weighted by Crippen LogP contribution is 2.35. The van der Waals surface area contributed by atoms with E-state index >= 15 is 0 Å². The van der Waals surface area contributed by atoms with Crippen molar-refractivity contribution < 1.29 is 4.79 Å². The minimum atomic E-state index is 0.123. The summed E-state index contributed by atoms with van der Waals surface area (Å²) in [6, 6.07) is 0.558. The number of hydrogen-bond acceptors (Lipinski definition) is 3. The van der Waals surface area contributed by atoms with Crippen LogP contribution in [0.3, 0.4) is 0 Å². The van der Waals surface area contributed by atoms with Crippen molar-refractivity contribution in [2.45, 2.75) is 38.9 Å². The molecule has 0 spiro atoms. The smallest absolute Gasteiger partial charge is 0.164 e. The number of ketones is 1. The molecule has 0 amide bonds. The number of fused-ring (bicyclic) bond motifs is 1. The number of aromatic nitrogens is 2. The van der Waals surface area contributed by atoms with Crippen molar-refractivity contribution in [3.8, 4) is 0 Å². The lowest BCUT2D eigenvalue weighted by molar-refractivity contribution is 0.101. The van der Waals surface area contributed by atoms with Gasteiger partial charge in [-0.15, -0.1) is 0 Å². The topological polar surface area (TPSA) is 46.9 Å². The van der Waals surface area contributed by atoms with Crippen molar-refractivity contribution in [2.75, 3.05) is 0 Å². The van der Waals surface area contributed by atoms with Gasteiger partial charge in [0.15, 0.2) is 5.78 Å². The van der Waals surface area contributed by atoms with Crippen LogP contribution in [0.1, 0.15) is 35.8 Å². The van der Waals surface area contributed by atoms with Gasteiger partial charge in [0.25, 0.3) is 0 Å². The van der Waals surface area contributed by atoms with Crippen LogP contribution in [-0.4, -0.2) is 21.6 Å². The average Bonchev–Trinajstić information content (AvgIpc) is 2.99. The van der Waals surface area contributed by atoms with Crippen LogP contribution < -0.4 is 5.32 Å². The minimum absolute atomic E-state index is 0.123. The molecule has 86 valence electrons. The highest BCUT2D eigenvalue weighted by molar-refractivity contribution is 14.1. The van der Waals surface area contributed by atoms with Crippen molar-refractivity contribution in [3.05, 3.63) is 15.0 Å². The molecule has 2 aliphatic rings. The van der Waals surface area contributed by atoms with Crippen LogP contribution in [0.4, 0.5) is 0 Å². The Balaban J connectivity index is 1.94. The van der Waals surface area contributed by atoms with E-state index in [0.29, 0.717) is 6.04 Å². The Morgan fingerprint density at radius 1 is 1.56 bits per heavy atom. The second-order valence-corrected chi connectivity index (χ2v) is 5.70. The largest absolute Gasteiger partial charge is 0.306 e. The second-order valence-electron chi connectivity index (χ2n) is 4.68. The zero-order chi connectivity index (χ0) is 11.3. The molecular formula is C11H14IN3O. The maximum absolute atomic E-state index is 11.5. The SMILES string of the molecule is CC(=O)c1c(I)nn2c1CNC(C1CC1)C2. The molecule has 1 N–H and O–H groups in total. The first-order valence-electron chi connectivity index (χ1n) is 5.66. The third-order valence-corrected chi connectivity index (χ3v) is 4.21. The molecule has 1 aromatic heterocycles. The molecule has 1 aliphatic carbocycles. The van der Waals surface area contributed by atoms with Gasteiger partial charge in [-0.05, 0) is 48.3 Å². The lowest BCUT2D eigenvalue weighted by Gasteiger charge is -2.25. The molecule has 0 aromatic carbocycles. The van der Waals surface area contributed by atoms with E-state index in [9.17, 15) is 4.79 Å². The zero-order valence-corrected chi connectivity index (χ0v) is 11.3. The predicted octanol–water partition coefficient (Wildman–Crippen LogP) is 1.57. The van der Waals surface area contributed by atoms with Gasteiger partial charge in [0, 0.05) is 12.6 Å². The molecule has 5 heteroatoms. The summed E-state index contributed by atoms with van der Waals surface area (Å²) in [5.41, 5.74) is 1.87. The van der Waals surface area contributed by atoms with Crippen molar-refractivity contribution in [1.29, 1.82) is 0 Å². The monoisotopic (exact) mass is 331 g/mol. The van der Waals surface area contributed by atoms with Crippen LogP contribution in [0.15, 0.2) is 0 Å². The summed E-state index contributed by atoms with van der Waals surface area (Å²) in [5.74, 6) is 0.952. The molecule has 1 fully saturated rings. The van der Waals surface area contributed by atoms with Gasteiger partial charge in [0.05, 0.1) is 17.8 Å². The fourth-order valence-electron chi connectivity index (χ4n) is 2.44. The van der Waals surface area contributed by atoms with Crippen LogP contribution in [0.25, 0.3) is 0 Å². The highest BCUT2D eigenvalue weighted by Gasteiger charge is 2.35. The lowest BCUT2D eigenvalue weighted by atomic mass is 10.1. The van der Waals surface area contributed by atoms with Crippen LogP contribution in [0, 0.1) is 9.62 Å². The molecule has 0 saturated heterocycles. The summed E-state index contributed by atoms with van der Waals surface area (Å²) in [6.07, 6.45) is 2.68. The first-order chi connectivity index (χ1) is 7.66. The maximum Gasteiger partial charge on any atom is 0.164 e. The number of carbonyl (C=O) groups is 1. The summed E-state index contributed by atoms with van der Waals surface area (Å²) in [6.45, 7) is 3.32.